The lowest BCUT2D eigenvalue weighted by atomic mass is 9.91. The van der Waals surface area contributed by atoms with Crippen LogP contribution in [0.2, 0.25) is 5.02 Å². The van der Waals surface area contributed by atoms with E-state index in [1.807, 2.05) is 18.2 Å². The first-order valence-corrected chi connectivity index (χ1v) is 8.37. The van der Waals surface area contributed by atoms with Gasteiger partial charge >= 0.3 is 0 Å². The van der Waals surface area contributed by atoms with E-state index in [0.717, 1.165) is 11.4 Å². The molecule has 0 spiro atoms. The highest BCUT2D eigenvalue weighted by Crippen LogP contribution is 2.48. The molecule has 4 atom stereocenters. The van der Waals surface area contributed by atoms with E-state index in [2.05, 4.69) is 49.5 Å². The summed E-state index contributed by atoms with van der Waals surface area (Å²) in [4.78, 5) is 12.5. The summed E-state index contributed by atoms with van der Waals surface area (Å²) in [7, 11) is 2.20. The number of carbonyl (C=O) groups is 1. The third kappa shape index (κ3) is 2.17. The van der Waals surface area contributed by atoms with E-state index in [4.69, 9.17) is 11.6 Å². The standard InChI is InChI=1S/C20H19ClNO/c1-22(16-5-3-2-4-6-16)18-11-12-20(23)19(22)13-17(18)14-7-9-15(21)10-8-14/h2-12,17-19H,13H2,1H3/q+1. The molecule has 3 heteroatoms. The first-order valence-electron chi connectivity index (χ1n) is 7.99. The molecule has 2 aliphatic heterocycles. The third-order valence-electron chi connectivity index (χ3n) is 5.55. The smallest absolute Gasteiger partial charge is 0.213 e. The van der Waals surface area contributed by atoms with Crippen LogP contribution in [0.5, 0.6) is 0 Å². The molecule has 2 bridgehead atoms. The van der Waals surface area contributed by atoms with Crippen LogP contribution in [-0.2, 0) is 4.79 Å². The first-order chi connectivity index (χ1) is 11.1. The van der Waals surface area contributed by atoms with Gasteiger partial charge in [0.25, 0.3) is 0 Å². The molecule has 4 rings (SSSR count). The Labute approximate surface area is 141 Å². The Morgan fingerprint density at radius 1 is 1.04 bits per heavy atom. The van der Waals surface area contributed by atoms with Gasteiger partial charge in [0.1, 0.15) is 11.7 Å². The van der Waals surface area contributed by atoms with E-state index in [1.54, 1.807) is 6.08 Å². The molecule has 0 aliphatic carbocycles. The van der Waals surface area contributed by atoms with Gasteiger partial charge in [0.05, 0.1) is 7.05 Å². The Bertz CT molecular complexity index is 768. The lowest BCUT2D eigenvalue weighted by molar-refractivity contribution is -0.118. The fourth-order valence-corrected chi connectivity index (χ4v) is 4.45. The van der Waals surface area contributed by atoms with Crippen molar-refractivity contribution in [1.29, 1.82) is 0 Å². The van der Waals surface area contributed by atoms with Crippen LogP contribution >= 0.6 is 11.6 Å². The van der Waals surface area contributed by atoms with Crippen LogP contribution in [0.3, 0.4) is 0 Å². The van der Waals surface area contributed by atoms with Gasteiger partial charge in [-0.2, -0.15) is 0 Å². The fourth-order valence-electron chi connectivity index (χ4n) is 4.32. The SMILES string of the molecule is C[N+]1(c2ccccc2)C2CC(c3ccc(Cl)cc3)C1C=CC2=O. The molecule has 0 N–H and O–H groups in total. The van der Waals surface area contributed by atoms with Crippen LogP contribution in [0.1, 0.15) is 17.9 Å². The first kappa shape index (κ1) is 14.7. The number of para-hydroxylation sites is 1. The van der Waals surface area contributed by atoms with Crippen LogP contribution in [-0.4, -0.2) is 24.9 Å². The summed E-state index contributed by atoms with van der Waals surface area (Å²) in [5.74, 6) is 0.578. The van der Waals surface area contributed by atoms with Crippen LogP contribution in [0.25, 0.3) is 0 Å². The fraction of sp³-hybridized carbons (Fsp3) is 0.250. The molecule has 0 amide bonds. The highest BCUT2D eigenvalue weighted by molar-refractivity contribution is 6.30. The Balaban J connectivity index is 1.81. The maximum Gasteiger partial charge on any atom is 0.213 e. The van der Waals surface area contributed by atoms with Gasteiger partial charge in [0.15, 0.2) is 6.04 Å². The summed E-state index contributed by atoms with van der Waals surface area (Å²) in [6.45, 7) is 0. The summed E-state index contributed by atoms with van der Waals surface area (Å²) in [5, 5.41) is 0.752. The van der Waals surface area contributed by atoms with Crippen molar-refractivity contribution in [2.45, 2.75) is 24.4 Å². The molecule has 2 aromatic rings. The van der Waals surface area contributed by atoms with Crippen molar-refractivity contribution >= 4 is 23.1 Å². The van der Waals surface area contributed by atoms with Crippen LogP contribution in [0.4, 0.5) is 5.69 Å². The molecule has 0 aromatic heterocycles. The zero-order valence-electron chi connectivity index (χ0n) is 13.0. The number of rotatable bonds is 2. The average molecular weight is 325 g/mol. The maximum atomic E-state index is 12.5. The minimum absolute atomic E-state index is 0.00641. The molecule has 2 heterocycles. The van der Waals surface area contributed by atoms with Crippen LogP contribution < -0.4 is 4.48 Å². The van der Waals surface area contributed by atoms with Crippen molar-refractivity contribution in [3.63, 3.8) is 0 Å². The zero-order chi connectivity index (χ0) is 16.0. The molecule has 2 aromatic carbocycles. The average Bonchev–Trinajstić information content (AvgIpc) is 2.75. The number of ketones is 1. The van der Waals surface area contributed by atoms with Gasteiger partial charge in [-0.15, -0.1) is 0 Å². The molecule has 23 heavy (non-hydrogen) atoms. The van der Waals surface area contributed by atoms with Crippen molar-refractivity contribution < 1.29 is 4.79 Å². The van der Waals surface area contributed by atoms with Gasteiger partial charge in [0, 0.05) is 17.4 Å². The minimum atomic E-state index is -0.00641. The molecular formula is C20H19ClNO+. The Morgan fingerprint density at radius 2 is 1.74 bits per heavy atom. The number of nitrogens with zero attached hydrogens (tertiary/aromatic N) is 1. The van der Waals surface area contributed by atoms with Gasteiger partial charge < -0.3 is 0 Å². The third-order valence-corrected chi connectivity index (χ3v) is 5.81. The molecule has 2 nitrogen and oxygen atoms in total. The molecule has 0 radical (unpaired) electrons. The number of halogens is 1. The van der Waals surface area contributed by atoms with E-state index < -0.39 is 0 Å². The lowest BCUT2D eigenvalue weighted by Gasteiger charge is -2.41. The van der Waals surface area contributed by atoms with E-state index in [-0.39, 0.29) is 17.9 Å². The lowest BCUT2D eigenvalue weighted by Crippen LogP contribution is -2.59. The molecule has 4 unspecified atom stereocenters. The maximum absolute atomic E-state index is 12.5. The number of hydrogen-bond donors (Lipinski definition) is 0. The van der Waals surface area contributed by atoms with Crippen molar-refractivity contribution in [3.8, 4) is 0 Å². The summed E-state index contributed by atoms with van der Waals surface area (Å²) in [6.07, 6.45) is 4.77. The molecule has 2 aliphatic rings. The highest BCUT2D eigenvalue weighted by Gasteiger charge is 2.57. The number of carbonyl (C=O) groups excluding carboxylic acids is 1. The number of quaternary nitrogens is 1. The molecule has 0 saturated carbocycles. The largest absolute Gasteiger partial charge is 0.288 e. The topological polar surface area (TPSA) is 17.1 Å². The van der Waals surface area contributed by atoms with Crippen molar-refractivity contribution in [2.24, 2.45) is 0 Å². The molecule has 116 valence electrons. The van der Waals surface area contributed by atoms with E-state index >= 15 is 0 Å². The van der Waals surface area contributed by atoms with Crippen LogP contribution in [0.15, 0.2) is 66.7 Å². The number of fused-ring (bicyclic) bond motifs is 2. The van der Waals surface area contributed by atoms with Gasteiger partial charge in [-0.25, -0.2) is 0 Å². The van der Waals surface area contributed by atoms with Crippen molar-refractivity contribution in [2.75, 3.05) is 7.05 Å². The second-order valence-electron chi connectivity index (χ2n) is 6.64. The monoisotopic (exact) mass is 324 g/mol. The molecule has 1 saturated heterocycles. The van der Waals surface area contributed by atoms with E-state index in [9.17, 15) is 4.79 Å². The van der Waals surface area contributed by atoms with Crippen molar-refractivity contribution in [1.82, 2.24) is 4.48 Å². The van der Waals surface area contributed by atoms with Gasteiger partial charge in [-0.3, -0.25) is 9.28 Å². The molecule has 1 fully saturated rings. The highest BCUT2D eigenvalue weighted by atomic mass is 35.5. The predicted octanol–water partition coefficient (Wildman–Crippen LogP) is 4.34. The number of benzene rings is 2. The van der Waals surface area contributed by atoms with Gasteiger partial charge in [0.2, 0.25) is 5.78 Å². The van der Waals surface area contributed by atoms with Crippen LogP contribution in [0, 0.1) is 0 Å². The summed E-state index contributed by atoms with van der Waals surface area (Å²) in [6, 6.07) is 18.8. The second-order valence-corrected chi connectivity index (χ2v) is 7.08. The summed E-state index contributed by atoms with van der Waals surface area (Å²) in [5.41, 5.74) is 2.47. The number of hydrogen-bond acceptors (Lipinski definition) is 1. The second kappa shape index (κ2) is 5.33. The predicted molar refractivity (Wildman–Crippen MR) is 94.7 cm³/mol. The number of likely N-dealkylation sites (N-methyl/N-ethyl adjacent to an activating group) is 1. The summed E-state index contributed by atoms with van der Waals surface area (Å²) < 4.78 is 0.670. The normalized spacial score (nSPS) is 32.3. The summed E-state index contributed by atoms with van der Waals surface area (Å²) >= 11 is 6.03. The van der Waals surface area contributed by atoms with E-state index in [0.29, 0.717) is 10.4 Å². The Morgan fingerprint density at radius 3 is 2.43 bits per heavy atom. The quantitative estimate of drug-likeness (QED) is 0.751. The molecular weight excluding hydrogens is 306 g/mol. The van der Waals surface area contributed by atoms with Gasteiger partial charge in [-0.05, 0) is 42.0 Å². The Kier molecular flexibility index (Phi) is 3.40. The minimum Gasteiger partial charge on any atom is -0.288 e. The van der Waals surface area contributed by atoms with Gasteiger partial charge in [-0.1, -0.05) is 41.9 Å². The van der Waals surface area contributed by atoms with Crippen molar-refractivity contribution in [3.05, 3.63) is 77.3 Å². The Hall–Kier alpha value is -1.90. The van der Waals surface area contributed by atoms with E-state index in [1.165, 1.54) is 11.3 Å². The zero-order valence-corrected chi connectivity index (χ0v) is 13.8.